The maximum atomic E-state index is 12.8. The van der Waals surface area contributed by atoms with Crippen molar-refractivity contribution in [2.45, 2.75) is 12.1 Å². The van der Waals surface area contributed by atoms with Gasteiger partial charge in [0.1, 0.15) is 10.6 Å². The summed E-state index contributed by atoms with van der Waals surface area (Å²) in [6, 6.07) is 14.8. The standard InChI is InChI=1S/C22H18ClN3O3S2/c1-12-18(13-6-4-3-5-7-13)19-20(28)25-22(26-21(19)31-12)30-11-17(27)24-15-10-14(23)8-9-16(15)29-2/h3-10H,11H2,1-2H3,(H,24,27)(H,25,26,28). The number of ether oxygens (including phenoxy) is 1. The van der Waals surface area contributed by atoms with Gasteiger partial charge in [0.2, 0.25) is 5.91 Å². The van der Waals surface area contributed by atoms with Crippen molar-refractivity contribution < 1.29 is 9.53 Å². The maximum absolute atomic E-state index is 12.8. The molecule has 2 heterocycles. The van der Waals surface area contributed by atoms with Gasteiger partial charge < -0.3 is 15.0 Å². The van der Waals surface area contributed by atoms with Crippen LogP contribution in [0.2, 0.25) is 5.02 Å². The molecule has 1 amide bonds. The lowest BCUT2D eigenvalue weighted by molar-refractivity contribution is -0.113. The highest BCUT2D eigenvalue weighted by molar-refractivity contribution is 7.99. The second-order valence-electron chi connectivity index (χ2n) is 6.63. The first-order valence-electron chi connectivity index (χ1n) is 9.31. The third-order valence-electron chi connectivity index (χ3n) is 4.55. The molecule has 0 fully saturated rings. The first-order valence-corrected chi connectivity index (χ1v) is 11.5. The molecule has 0 radical (unpaired) electrons. The van der Waals surface area contributed by atoms with E-state index < -0.39 is 0 Å². The molecule has 0 aliphatic heterocycles. The van der Waals surface area contributed by atoms with Gasteiger partial charge in [-0.3, -0.25) is 9.59 Å². The zero-order valence-electron chi connectivity index (χ0n) is 16.7. The number of aromatic amines is 1. The smallest absolute Gasteiger partial charge is 0.260 e. The molecule has 0 saturated carbocycles. The molecule has 2 aromatic heterocycles. The van der Waals surface area contributed by atoms with Crippen LogP contribution in [-0.2, 0) is 4.79 Å². The first-order chi connectivity index (χ1) is 15.0. The van der Waals surface area contributed by atoms with Crippen LogP contribution >= 0.6 is 34.7 Å². The summed E-state index contributed by atoms with van der Waals surface area (Å²) in [6.45, 7) is 1.98. The van der Waals surface area contributed by atoms with Crippen molar-refractivity contribution in [3.63, 3.8) is 0 Å². The molecule has 0 aliphatic carbocycles. The van der Waals surface area contributed by atoms with Gasteiger partial charge in [-0.05, 0) is 30.7 Å². The van der Waals surface area contributed by atoms with Crippen molar-refractivity contribution >= 4 is 56.5 Å². The van der Waals surface area contributed by atoms with Gasteiger partial charge in [-0.25, -0.2) is 4.98 Å². The zero-order valence-corrected chi connectivity index (χ0v) is 19.1. The summed E-state index contributed by atoms with van der Waals surface area (Å²) in [5.41, 5.74) is 2.15. The number of anilines is 1. The van der Waals surface area contributed by atoms with Crippen LogP contribution in [0.15, 0.2) is 58.5 Å². The second-order valence-corrected chi connectivity index (χ2v) is 9.24. The van der Waals surface area contributed by atoms with Crippen molar-refractivity contribution in [3.8, 4) is 16.9 Å². The topological polar surface area (TPSA) is 84.1 Å². The fourth-order valence-electron chi connectivity index (χ4n) is 3.22. The van der Waals surface area contributed by atoms with Gasteiger partial charge in [-0.15, -0.1) is 11.3 Å². The molecule has 4 rings (SSSR count). The lowest BCUT2D eigenvalue weighted by Crippen LogP contribution is -2.16. The Balaban J connectivity index is 1.54. The van der Waals surface area contributed by atoms with Gasteiger partial charge in [0, 0.05) is 15.5 Å². The number of rotatable bonds is 6. The Labute approximate surface area is 191 Å². The fraction of sp³-hybridized carbons (Fsp3) is 0.136. The highest BCUT2D eigenvalue weighted by Crippen LogP contribution is 2.36. The van der Waals surface area contributed by atoms with Crippen LogP contribution in [0.3, 0.4) is 0 Å². The van der Waals surface area contributed by atoms with E-state index in [1.807, 2.05) is 37.3 Å². The van der Waals surface area contributed by atoms with E-state index >= 15 is 0 Å². The van der Waals surface area contributed by atoms with Crippen molar-refractivity contribution in [2.24, 2.45) is 0 Å². The number of thioether (sulfide) groups is 1. The number of thiophene rings is 1. The molecule has 158 valence electrons. The number of amides is 1. The average molecular weight is 472 g/mol. The van der Waals surface area contributed by atoms with E-state index in [0.717, 1.165) is 27.8 Å². The van der Waals surface area contributed by atoms with Crippen molar-refractivity contribution in [2.75, 3.05) is 18.2 Å². The summed E-state index contributed by atoms with van der Waals surface area (Å²) >= 11 is 8.63. The van der Waals surface area contributed by atoms with Crippen LogP contribution in [0.25, 0.3) is 21.3 Å². The van der Waals surface area contributed by atoms with E-state index in [1.54, 1.807) is 18.2 Å². The lowest BCUT2D eigenvalue weighted by Gasteiger charge is -2.10. The number of carbonyl (C=O) groups excluding carboxylic acids is 1. The molecular formula is C22H18ClN3O3S2. The Hall–Kier alpha value is -2.81. The quantitative estimate of drug-likeness (QED) is 0.292. The number of aromatic nitrogens is 2. The van der Waals surface area contributed by atoms with Crippen LogP contribution in [0.5, 0.6) is 5.75 Å². The Kier molecular flexibility index (Phi) is 6.31. The van der Waals surface area contributed by atoms with Crippen LogP contribution < -0.4 is 15.6 Å². The molecule has 0 saturated heterocycles. The van der Waals surface area contributed by atoms with Crippen LogP contribution in [0.4, 0.5) is 5.69 Å². The molecule has 0 atom stereocenters. The molecule has 2 N–H and O–H groups in total. The van der Waals surface area contributed by atoms with E-state index in [2.05, 4.69) is 15.3 Å². The number of hydrogen-bond donors (Lipinski definition) is 2. The summed E-state index contributed by atoms with van der Waals surface area (Å²) in [4.78, 5) is 34.3. The number of fused-ring (bicyclic) bond motifs is 1. The average Bonchev–Trinajstić information content (AvgIpc) is 3.09. The Morgan fingerprint density at radius 2 is 2.03 bits per heavy atom. The highest BCUT2D eigenvalue weighted by atomic mass is 35.5. The number of halogens is 1. The molecular weight excluding hydrogens is 454 g/mol. The summed E-state index contributed by atoms with van der Waals surface area (Å²) in [6.07, 6.45) is 0. The minimum Gasteiger partial charge on any atom is -0.495 e. The van der Waals surface area contributed by atoms with Crippen molar-refractivity contribution in [3.05, 3.63) is 68.8 Å². The van der Waals surface area contributed by atoms with Gasteiger partial charge >= 0.3 is 0 Å². The predicted octanol–water partition coefficient (Wildman–Crippen LogP) is 5.35. The highest BCUT2D eigenvalue weighted by Gasteiger charge is 2.17. The molecule has 31 heavy (non-hydrogen) atoms. The molecule has 9 heteroatoms. The van der Waals surface area contributed by atoms with E-state index in [1.165, 1.54) is 18.4 Å². The van der Waals surface area contributed by atoms with E-state index in [9.17, 15) is 9.59 Å². The molecule has 0 spiro atoms. The van der Waals surface area contributed by atoms with Gasteiger partial charge in [-0.1, -0.05) is 53.7 Å². The van der Waals surface area contributed by atoms with Gasteiger partial charge in [0.05, 0.1) is 23.9 Å². The van der Waals surface area contributed by atoms with Crippen LogP contribution in [0, 0.1) is 6.92 Å². The summed E-state index contributed by atoms with van der Waals surface area (Å²) in [5.74, 6) is 0.318. The molecule has 0 unspecified atom stereocenters. The summed E-state index contributed by atoms with van der Waals surface area (Å²) < 4.78 is 5.24. The van der Waals surface area contributed by atoms with Crippen LogP contribution in [0.1, 0.15) is 4.88 Å². The SMILES string of the molecule is COc1ccc(Cl)cc1NC(=O)CSc1nc2sc(C)c(-c3ccccc3)c2c(=O)[nH]1. The molecule has 0 aliphatic rings. The molecule has 4 aromatic rings. The first kappa shape index (κ1) is 21.4. The molecule has 2 aromatic carbocycles. The molecule has 0 bridgehead atoms. The van der Waals surface area contributed by atoms with Gasteiger partial charge in [0.25, 0.3) is 5.56 Å². The largest absolute Gasteiger partial charge is 0.495 e. The number of nitrogens with one attached hydrogen (secondary N) is 2. The predicted molar refractivity (Wildman–Crippen MR) is 128 cm³/mol. The summed E-state index contributed by atoms with van der Waals surface area (Å²) in [5, 5.41) is 4.23. The number of hydrogen-bond acceptors (Lipinski definition) is 6. The van der Waals surface area contributed by atoms with E-state index in [0.29, 0.717) is 31.8 Å². The number of aryl methyl sites for hydroxylation is 1. The Bertz CT molecular complexity index is 1320. The van der Waals surface area contributed by atoms with Crippen molar-refractivity contribution in [1.29, 1.82) is 0 Å². The zero-order chi connectivity index (χ0) is 22.0. The van der Waals surface area contributed by atoms with Gasteiger partial charge in [0.15, 0.2) is 5.16 Å². The lowest BCUT2D eigenvalue weighted by atomic mass is 10.0. The Morgan fingerprint density at radius 3 is 2.77 bits per heavy atom. The number of carbonyl (C=O) groups is 1. The number of methoxy groups -OCH3 is 1. The molecule has 6 nitrogen and oxygen atoms in total. The number of nitrogens with zero attached hydrogens (tertiary/aromatic N) is 1. The number of H-pyrrole nitrogens is 1. The fourth-order valence-corrected chi connectivity index (χ4v) is 5.15. The second kappa shape index (κ2) is 9.13. The van der Waals surface area contributed by atoms with E-state index in [4.69, 9.17) is 16.3 Å². The number of benzene rings is 2. The van der Waals surface area contributed by atoms with Crippen LogP contribution in [-0.4, -0.2) is 28.7 Å². The summed E-state index contributed by atoms with van der Waals surface area (Å²) in [7, 11) is 1.52. The maximum Gasteiger partial charge on any atom is 0.260 e. The monoisotopic (exact) mass is 471 g/mol. The minimum absolute atomic E-state index is 0.0695. The minimum atomic E-state index is -0.263. The third-order valence-corrected chi connectivity index (χ3v) is 6.66. The van der Waals surface area contributed by atoms with Gasteiger partial charge in [-0.2, -0.15) is 0 Å². The van der Waals surface area contributed by atoms with Crippen molar-refractivity contribution in [1.82, 2.24) is 9.97 Å². The third kappa shape index (κ3) is 4.61. The van der Waals surface area contributed by atoms with E-state index in [-0.39, 0.29) is 17.2 Å². The normalized spacial score (nSPS) is 10.9. The Morgan fingerprint density at radius 1 is 1.26 bits per heavy atom.